The minimum absolute atomic E-state index is 0.0186. The van der Waals surface area contributed by atoms with Crippen molar-refractivity contribution >= 4 is 31.7 Å². The molecule has 0 heterocycles. The second-order valence-corrected chi connectivity index (χ2v) is 8.21. The molecule has 1 N–H and O–H groups in total. The zero-order valence-electron chi connectivity index (χ0n) is 11.5. The van der Waals surface area contributed by atoms with E-state index in [-0.39, 0.29) is 12.2 Å². The fourth-order valence-corrected chi connectivity index (χ4v) is 3.68. The van der Waals surface area contributed by atoms with Gasteiger partial charge in [0.05, 0.1) is 17.1 Å². The van der Waals surface area contributed by atoms with Crippen LogP contribution in [-0.2, 0) is 14.6 Å². The number of carboxylic acids is 1. The smallest absolute Gasteiger partial charge is 0.304 e. The third kappa shape index (κ3) is 5.09. The molecule has 1 aromatic rings. The van der Waals surface area contributed by atoms with E-state index >= 15 is 0 Å². The van der Waals surface area contributed by atoms with Crippen molar-refractivity contribution in [2.45, 2.75) is 30.2 Å². The molecule has 21 heavy (non-hydrogen) atoms. The molecule has 5 nitrogen and oxygen atoms in total. The van der Waals surface area contributed by atoms with Gasteiger partial charge in [-0.1, -0.05) is 15.9 Å². The molecule has 0 radical (unpaired) electrons. The lowest BCUT2D eigenvalue weighted by Gasteiger charge is -2.20. The molecule has 0 spiro atoms. The minimum Gasteiger partial charge on any atom is -0.481 e. The number of benzene rings is 1. The fourth-order valence-electron chi connectivity index (χ4n) is 2.15. The highest BCUT2D eigenvalue weighted by Crippen LogP contribution is 2.27. The van der Waals surface area contributed by atoms with E-state index in [1.54, 1.807) is 24.3 Å². The van der Waals surface area contributed by atoms with Crippen LogP contribution < -0.4 is 0 Å². The Morgan fingerprint density at radius 1 is 1.24 bits per heavy atom. The van der Waals surface area contributed by atoms with Crippen LogP contribution in [-0.4, -0.2) is 49.3 Å². The molecule has 0 unspecified atom stereocenters. The Labute approximate surface area is 133 Å². The average Bonchev–Trinajstić information content (AvgIpc) is 3.23. The largest absolute Gasteiger partial charge is 0.481 e. The summed E-state index contributed by atoms with van der Waals surface area (Å²) < 4.78 is 25.4. The summed E-state index contributed by atoms with van der Waals surface area (Å²) in [5.74, 6) is -0.832. The standard InChI is InChI=1S/C14H18BrNO4S/c15-11-1-5-13(6-2-11)21(19,20)10-9-16(12-3-4-12)8-7-14(17)18/h1-2,5-6,12H,3-4,7-10H2,(H,17,18). The molecule has 0 aromatic heterocycles. The first-order valence-corrected chi connectivity index (χ1v) is 9.27. The average molecular weight is 376 g/mol. The molecular formula is C14H18BrNO4S. The lowest BCUT2D eigenvalue weighted by Crippen LogP contribution is -2.33. The third-order valence-electron chi connectivity index (χ3n) is 3.50. The quantitative estimate of drug-likeness (QED) is 0.753. The zero-order valence-corrected chi connectivity index (χ0v) is 13.9. The molecule has 1 fully saturated rings. The maximum absolute atomic E-state index is 12.3. The van der Waals surface area contributed by atoms with Crippen molar-refractivity contribution < 1.29 is 18.3 Å². The topological polar surface area (TPSA) is 74.7 Å². The summed E-state index contributed by atoms with van der Waals surface area (Å²) in [5.41, 5.74) is 0. The number of carboxylic acid groups (broad SMARTS) is 1. The van der Waals surface area contributed by atoms with E-state index in [1.165, 1.54) is 0 Å². The van der Waals surface area contributed by atoms with Crippen molar-refractivity contribution in [2.75, 3.05) is 18.8 Å². The molecule has 0 amide bonds. The van der Waals surface area contributed by atoms with E-state index in [4.69, 9.17) is 5.11 Å². The fraction of sp³-hybridized carbons (Fsp3) is 0.500. The first kappa shape index (κ1) is 16.5. The van der Waals surface area contributed by atoms with Gasteiger partial charge in [-0.05, 0) is 37.1 Å². The van der Waals surface area contributed by atoms with Gasteiger partial charge >= 0.3 is 5.97 Å². The number of sulfone groups is 1. The summed E-state index contributed by atoms with van der Waals surface area (Å²) in [6.07, 6.45) is 2.10. The molecule has 7 heteroatoms. The Hall–Kier alpha value is -0.920. The lowest BCUT2D eigenvalue weighted by atomic mass is 10.3. The Bertz CT molecular complexity index is 596. The van der Waals surface area contributed by atoms with E-state index < -0.39 is 15.8 Å². The van der Waals surface area contributed by atoms with Gasteiger partial charge in [-0.2, -0.15) is 0 Å². The Kier molecular flexibility index (Phi) is 5.40. The summed E-state index contributed by atoms with van der Waals surface area (Å²) in [6, 6.07) is 6.92. The normalized spacial score (nSPS) is 15.3. The van der Waals surface area contributed by atoms with Crippen molar-refractivity contribution in [2.24, 2.45) is 0 Å². The summed E-state index contributed by atoms with van der Waals surface area (Å²) in [4.78, 5) is 12.9. The van der Waals surface area contributed by atoms with E-state index in [2.05, 4.69) is 15.9 Å². The van der Waals surface area contributed by atoms with Crippen molar-refractivity contribution in [3.05, 3.63) is 28.7 Å². The summed E-state index contributed by atoms with van der Waals surface area (Å²) in [7, 11) is -3.33. The van der Waals surface area contributed by atoms with Gasteiger partial charge in [0, 0.05) is 23.6 Å². The van der Waals surface area contributed by atoms with Crippen LogP contribution in [0, 0.1) is 0 Å². The number of aliphatic carboxylic acids is 1. The number of halogens is 1. The van der Waals surface area contributed by atoms with Crippen LogP contribution in [0.2, 0.25) is 0 Å². The lowest BCUT2D eigenvalue weighted by molar-refractivity contribution is -0.137. The highest BCUT2D eigenvalue weighted by Gasteiger charge is 2.30. The number of rotatable bonds is 8. The highest BCUT2D eigenvalue weighted by atomic mass is 79.9. The number of carbonyl (C=O) groups is 1. The molecular weight excluding hydrogens is 358 g/mol. The molecule has 0 atom stereocenters. The van der Waals surface area contributed by atoms with Gasteiger partial charge < -0.3 is 5.11 Å². The maximum Gasteiger partial charge on any atom is 0.304 e. The predicted octanol–water partition coefficient (Wildman–Crippen LogP) is 2.16. The molecule has 116 valence electrons. The molecule has 1 aliphatic carbocycles. The molecule has 1 saturated carbocycles. The van der Waals surface area contributed by atoms with Gasteiger partial charge in [0.15, 0.2) is 9.84 Å². The molecule has 0 aliphatic heterocycles. The maximum atomic E-state index is 12.3. The summed E-state index contributed by atoms with van der Waals surface area (Å²) in [6.45, 7) is 0.798. The monoisotopic (exact) mass is 375 g/mol. The second kappa shape index (κ2) is 6.89. The van der Waals surface area contributed by atoms with Crippen LogP contribution >= 0.6 is 15.9 Å². The second-order valence-electron chi connectivity index (χ2n) is 5.18. The molecule has 0 saturated heterocycles. The molecule has 1 aromatic carbocycles. The first-order valence-electron chi connectivity index (χ1n) is 6.82. The van der Waals surface area contributed by atoms with Crippen LogP contribution in [0.15, 0.2) is 33.6 Å². The van der Waals surface area contributed by atoms with Crippen LogP contribution in [0.5, 0.6) is 0 Å². The van der Waals surface area contributed by atoms with Crippen molar-refractivity contribution in [1.29, 1.82) is 0 Å². The van der Waals surface area contributed by atoms with Crippen LogP contribution in [0.25, 0.3) is 0 Å². The predicted molar refractivity (Wildman–Crippen MR) is 83.0 cm³/mol. The molecule has 2 rings (SSSR count). The Morgan fingerprint density at radius 3 is 2.38 bits per heavy atom. The SMILES string of the molecule is O=C(O)CCN(CCS(=O)(=O)c1ccc(Br)cc1)C1CC1. The Balaban J connectivity index is 1.95. The van der Waals surface area contributed by atoms with E-state index in [0.29, 0.717) is 24.0 Å². The van der Waals surface area contributed by atoms with Gasteiger partial charge in [0.2, 0.25) is 0 Å². The summed E-state index contributed by atoms with van der Waals surface area (Å²) >= 11 is 3.28. The number of hydrogen-bond acceptors (Lipinski definition) is 4. The van der Waals surface area contributed by atoms with Crippen LogP contribution in [0.4, 0.5) is 0 Å². The Morgan fingerprint density at radius 2 is 1.86 bits per heavy atom. The van der Waals surface area contributed by atoms with Gasteiger partial charge in [0.25, 0.3) is 0 Å². The van der Waals surface area contributed by atoms with Gasteiger partial charge in [-0.3, -0.25) is 9.69 Å². The van der Waals surface area contributed by atoms with Gasteiger partial charge in [-0.15, -0.1) is 0 Å². The zero-order chi connectivity index (χ0) is 15.5. The molecule has 0 bridgehead atoms. The van der Waals surface area contributed by atoms with Crippen molar-refractivity contribution in [3.63, 3.8) is 0 Å². The number of nitrogens with zero attached hydrogens (tertiary/aromatic N) is 1. The van der Waals surface area contributed by atoms with Gasteiger partial charge in [-0.25, -0.2) is 8.42 Å². The third-order valence-corrected chi connectivity index (χ3v) is 5.74. The van der Waals surface area contributed by atoms with E-state index in [1.807, 2.05) is 4.90 Å². The number of hydrogen-bond donors (Lipinski definition) is 1. The van der Waals surface area contributed by atoms with E-state index in [9.17, 15) is 13.2 Å². The van der Waals surface area contributed by atoms with E-state index in [0.717, 1.165) is 17.3 Å². The van der Waals surface area contributed by atoms with Gasteiger partial charge in [0.1, 0.15) is 0 Å². The minimum atomic E-state index is -3.33. The molecule has 1 aliphatic rings. The van der Waals surface area contributed by atoms with Crippen LogP contribution in [0.1, 0.15) is 19.3 Å². The highest BCUT2D eigenvalue weighted by molar-refractivity contribution is 9.10. The first-order chi connectivity index (χ1) is 9.88. The van der Waals surface area contributed by atoms with Crippen LogP contribution in [0.3, 0.4) is 0 Å². The van der Waals surface area contributed by atoms with Crippen molar-refractivity contribution in [1.82, 2.24) is 4.90 Å². The summed E-state index contributed by atoms with van der Waals surface area (Å²) in [5, 5.41) is 8.75. The van der Waals surface area contributed by atoms with Crippen molar-refractivity contribution in [3.8, 4) is 0 Å².